The molecule has 2 aromatic rings. The van der Waals surface area contributed by atoms with E-state index in [0.29, 0.717) is 35.5 Å². The van der Waals surface area contributed by atoms with Gasteiger partial charge in [0.15, 0.2) is 5.78 Å². The van der Waals surface area contributed by atoms with Gasteiger partial charge in [-0.05, 0) is 48.7 Å². The van der Waals surface area contributed by atoms with Crippen molar-refractivity contribution in [3.8, 4) is 0 Å². The summed E-state index contributed by atoms with van der Waals surface area (Å²) in [6.07, 6.45) is 1.40. The Morgan fingerprint density at radius 1 is 1.21 bits per heavy atom. The molecule has 0 radical (unpaired) electrons. The van der Waals surface area contributed by atoms with Crippen LogP contribution in [0.5, 0.6) is 0 Å². The molecule has 0 saturated carbocycles. The number of fused-ring (bicyclic) bond motifs is 1. The molecule has 0 aliphatic heterocycles. The molecule has 3 rings (SSSR count). The highest BCUT2D eigenvalue weighted by Gasteiger charge is 2.23. The standard InChI is InChI=1S/C24H25ClN4O5/c1-15(11-22(32)33)28(2)24(34)27-23(29(14-30)13-16-3-7-18(25)8-4-16)26-19-9-5-17-6-10-21(31)20(17)12-19/h3-5,7-9,12,14-15H,6,10-11,13H2,1-2H3,(H,32,33)(H,26,27,34). The molecule has 1 unspecified atom stereocenters. The van der Waals surface area contributed by atoms with Gasteiger partial charge in [-0.3, -0.25) is 24.6 Å². The highest BCUT2D eigenvalue weighted by Crippen LogP contribution is 2.26. The number of aliphatic carboxylic acids is 1. The van der Waals surface area contributed by atoms with E-state index >= 15 is 0 Å². The minimum atomic E-state index is -1.04. The van der Waals surface area contributed by atoms with Crippen LogP contribution in [0.1, 0.15) is 41.3 Å². The number of aryl methyl sites for hydroxylation is 1. The van der Waals surface area contributed by atoms with Crippen molar-refractivity contribution >= 4 is 47.4 Å². The molecule has 0 bridgehead atoms. The number of urea groups is 1. The van der Waals surface area contributed by atoms with Crippen LogP contribution in [0.3, 0.4) is 0 Å². The van der Waals surface area contributed by atoms with Gasteiger partial charge in [-0.2, -0.15) is 0 Å². The number of ketones is 1. The number of Topliss-reactive ketones (excluding diaryl/α,β-unsaturated/α-hetero) is 1. The number of carboxylic acid groups (broad SMARTS) is 1. The van der Waals surface area contributed by atoms with Gasteiger partial charge in [-0.15, -0.1) is 0 Å². The largest absolute Gasteiger partial charge is 0.481 e. The normalized spacial score (nSPS) is 13.7. The first kappa shape index (κ1) is 24.9. The number of nitrogens with zero attached hydrogens (tertiary/aromatic N) is 3. The molecule has 0 saturated heterocycles. The number of amides is 3. The van der Waals surface area contributed by atoms with Crippen molar-refractivity contribution in [1.82, 2.24) is 15.1 Å². The van der Waals surface area contributed by atoms with Crippen molar-refractivity contribution in [2.45, 2.75) is 38.8 Å². The maximum Gasteiger partial charge on any atom is 0.324 e. The third-order valence-electron chi connectivity index (χ3n) is 5.59. The SMILES string of the molecule is CC(CC(=O)O)N(C)C(=O)NC(=Nc1ccc2c(c1)C(=O)CC2)N(C=O)Cc1ccc(Cl)cc1. The van der Waals surface area contributed by atoms with Gasteiger partial charge >= 0.3 is 12.0 Å². The Labute approximate surface area is 202 Å². The Balaban J connectivity index is 1.92. The summed E-state index contributed by atoms with van der Waals surface area (Å²) in [5.41, 5.74) is 2.66. The number of carboxylic acids is 1. The number of hydrogen-bond donors (Lipinski definition) is 2. The molecule has 3 amide bonds. The third kappa shape index (κ3) is 6.20. The molecule has 1 aliphatic rings. The minimum absolute atomic E-state index is 0.0215. The van der Waals surface area contributed by atoms with Crippen molar-refractivity contribution in [2.24, 2.45) is 4.99 Å². The predicted molar refractivity (Wildman–Crippen MR) is 127 cm³/mol. The number of benzene rings is 2. The quantitative estimate of drug-likeness (QED) is 0.353. The van der Waals surface area contributed by atoms with Gasteiger partial charge in [0.2, 0.25) is 12.4 Å². The lowest BCUT2D eigenvalue weighted by molar-refractivity contribution is -0.137. The van der Waals surface area contributed by atoms with E-state index in [1.807, 2.05) is 6.07 Å². The van der Waals surface area contributed by atoms with E-state index in [2.05, 4.69) is 10.3 Å². The molecule has 0 heterocycles. The number of carbonyl (C=O) groups excluding carboxylic acids is 3. The zero-order valence-electron chi connectivity index (χ0n) is 18.8. The first-order valence-electron chi connectivity index (χ1n) is 10.6. The van der Waals surface area contributed by atoms with Crippen LogP contribution in [-0.4, -0.2) is 58.1 Å². The maximum absolute atomic E-state index is 12.9. The van der Waals surface area contributed by atoms with Gasteiger partial charge in [-0.25, -0.2) is 9.79 Å². The lowest BCUT2D eigenvalue weighted by atomic mass is 10.1. The van der Waals surface area contributed by atoms with Gasteiger partial charge in [0, 0.05) is 30.1 Å². The molecule has 0 fully saturated rings. The van der Waals surface area contributed by atoms with Gasteiger partial charge < -0.3 is 10.0 Å². The molecule has 2 N–H and O–H groups in total. The highest BCUT2D eigenvalue weighted by molar-refractivity contribution is 6.30. The van der Waals surface area contributed by atoms with E-state index in [4.69, 9.17) is 16.7 Å². The van der Waals surface area contributed by atoms with Gasteiger partial charge in [0.25, 0.3) is 0 Å². The van der Waals surface area contributed by atoms with Crippen LogP contribution in [0.4, 0.5) is 10.5 Å². The molecule has 1 aliphatic carbocycles. The average molecular weight is 485 g/mol. The summed E-state index contributed by atoms with van der Waals surface area (Å²) in [4.78, 5) is 54.9. The van der Waals surface area contributed by atoms with Crippen molar-refractivity contribution in [1.29, 1.82) is 0 Å². The van der Waals surface area contributed by atoms with Crippen LogP contribution in [0.15, 0.2) is 47.5 Å². The van der Waals surface area contributed by atoms with E-state index in [1.165, 1.54) is 16.8 Å². The van der Waals surface area contributed by atoms with Crippen LogP contribution in [0.2, 0.25) is 5.02 Å². The summed E-state index contributed by atoms with van der Waals surface area (Å²) in [5.74, 6) is -1.08. The molecule has 0 spiro atoms. The Morgan fingerprint density at radius 2 is 1.91 bits per heavy atom. The third-order valence-corrected chi connectivity index (χ3v) is 5.84. The molecular formula is C24H25ClN4O5. The summed E-state index contributed by atoms with van der Waals surface area (Å²) >= 11 is 5.94. The molecule has 0 aromatic heterocycles. The lowest BCUT2D eigenvalue weighted by Gasteiger charge is -2.26. The Hall–Kier alpha value is -3.72. The first-order chi connectivity index (χ1) is 16.2. The molecule has 178 valence electrons. The molecule has 1 atom stereocenters. The van der Waals surface area contributed by atoms with Crippen molar-refractivity contribution in [3.05, 3.63) is 64.2 Å². The van der Waals surface area contributed by atoms with Crippen LogP contribution in [0, 0.1) is 0 Å². The highest BCUT2D eigenvalue weighted by atomic mass is 35.5. The summed E-state index contributed by atoms with van der Waals surface area (Å²) in [6, 6.07) is 10.8. The first-order valence-corrected chi connectivity index (χ1v) is 11.0. The summed E-state index contributed by atoms with van der Waals surface area (Å²) in [6.45, 7) is 1.69. The lowest BCUT2D eigenvalue weighted by Crippen LogP contribution is -2.50. The second-order valence-electron chi connectivity index (χ2n) is 8.05. The van der Waals surface area contributed by atoms with Gasteiger partial charge in [0.05, 0.1) is 18.7 Å². The van der Waals surface area contributed by atoms with E-state index in [9.17, 15) is 19.2 Å². The predicted octanol–water partition coefficient (Wildman–Crippen LogP) is 3.62. The number of guanidine groups is 1. The number of carbonyl (C=O) groups is 4. The van der Waals surface area contributed by atoms with E-state index < -0.39 is 18.0 Å². The number of aliphatic imine (C=N–C) groups is 1. The Bertz CT molecular complexity index is 1130. The summed E-state index contributed by atoms with van der Waals surface area (Å²) in [5, 5.41) is 12.2. The topological polar surface area (TPSA) is 119 Å². The minimum Gasteiger partial charge on any atom is -0.481 e. The number of nitrogens with one attached hydrogen (secondary N) is 1. The smallest absolute Gasteiger partial charge is 0.324 e. The van der Waals surface area contributed by atoms with Crippen LogP contribution in [0.25, 0.3) is 0 Å². The summed E-state index contributed by atoms with van der Waals surface area (Å²) < 4.78 is 0. The van der Waals surface area contributed by atoms with E-state index in [1.54, 1.807) is 43.3 Å². The molecule has 10 heteroatoms. The maximum atomic E-state index is 12.9. The average Bonchev–Trinajstić information content (AvgIpc) is 3.17. The second kappa shape index (κ2) is 10.9. The van der Waals surface area contributed by atoms with E-state index in [0.717, 1.165) is 11.1 Å². The van der Waals surface area contributed by atoms with Crippen molar-refractivity contribution in [2.75, 3.05) is 7.05 Å². The fourth-order valence-corrected chi connectivity index (χ4v) is 3.63. The van der Waals surface area contributed by atoms with Gasteiger partial charge in [-0.1, -0.05) is 29.8 Å². The van der Waals surface area contributed by atoms with E-state index in [-0.39, 0.29) is 24.7 Å². The molecule has 34 heavy (non-hydrogen) atoms. The number of halogens is 1. The number of rotatable bonds is 7. The van der Waals surface area contributed by atoms with Crippen LogP contribution < -0.4 is 5.32 Å². The van der Waals surface area contributed by atoms with Gasteiger partial charge in [0.1, 0.15) is 0 Å². The second-order valence-corrected chi connectivity index (χ2v) is 8.48. The fraction of sp³-hybridized carbons (Fsp3) is 0.292. The zero-order valence-corrected chi connectivity index (χ0v) is 19.6. The monoisotopic (exact) mass is 484 g/mol. The molecule has 2 aromatic carbocycles. The van der Waals surface area contributed by atoms with Crippen molar-refractivity contribution < 1.29 is 24.3 Å². The molecular weight excluding hydrogens is 460 g/mol. The fourth-order valence-electron chi connectivity index (χ4n) is 3.50. The van der Waals surface area contributed by atoms with Crippen molar-refractivity contribution in [3.63, 3.8) is 0 Å². The van der Waals surface area contributed by atoms with Crippen LogP contribution >= 0.6 is 11.6 Å². The Kier molecular flexibility index (Phi) is 8.01. The summed E-state index contributed by atoms with van der Waals surface area (Å²) in [7, 11) is 1.46. The Morgan fingerprint density at radius 3 is 2.56 bits per heavy atom. The zero-order chi connectivity index (χ0) is 24.8. The number of hydrogen-bond acceptors (Lipinski definition) is 5. The molecule has 9 nitrogen and oxygen atoms in total. The van der Waals surface area contributed by atoms with Crippen LogP contribution in [-0.2, 0) is 22.6 Å².